The minimum absolute atomic E-state index is 0. The Morgan fingerprint density at radius 3 is 2.73 bits per heavy atom. The van der Waals surface area contributed by atoms with Crippen LogP contribution in [0.15, 0.2) is 36.7 Å². The van der Waals surface area contributed by atoms with Gasteiger partial charge in [0.2, 0.25) is 0 Å². The number of nitrogens with two attached hydrogens (primary N) is 1. The lowest BCUT2D eigenvalue weighted by molar-refractivity contribution is 0.229. The van der Waals surface area contributed by atoms with E-state index >= 15 is 0 Å². The molecule has 4 rings (SSSR count). The number of benzene rings is 1. The van der Waals surface area contributed by atoms with Crippen molar-refractivity contribution in [2.24, 2.45) is 0 Å². The highest BCUT2D eigenvalue weighted by Gasteiger charge is 2.41. The highest BCUT2D eigenvalue weighted by molar-refractivity contribution is 5.86. The summed E-state index contributed by atoms with van der Waals surface area (Å²) in [6.45, 7) is 0.588. The van der Waals surface area contributed by atoms with Crippen LogP contribution in [-0.4, -0.2) is 32.2 Å². The second kappa shape index (κ2) is 7.11. The second-order valence-electron chi connectivity index (χ2n) is 6.46. The van der Waals surface area contributed by atoms with Gasteiger partial charge in [0.05, 0.1) is 17.8 Å². The van der Waals surface area contributed by atoms with E-state index in [0.29, 0.717) is 34.7 Å². The fourth-order valence-electron chi connectivity index (χ4n) is 2.85. The lowest BCUT2D eigenvalue weighted by Crippen LogP contribution is -2.34. The predicted octanol–water partition coefficient (Wildman–Crippen LogP) is 2.45. The maximum Gasteiger partial charge on any atom is 0.153 e. The van der Waals surface area contributed by atoms with Crippen molar-refractivity contribution < 1.29 is 9.50 Å². The van der Waals surface area contributed by atoms with E-state index in [2.05, 4.69) is 20.3 Å². The molecule has 26 heavy (non-hydrogen) atoms. The molecule has 6 nitrogen and oxygen atoms in total. The summed E-state index contributed by atoms with van der Waals surface area (Å²) in [6.07, 6.45) is 3.27. The Kier molecular flexibility index (Phi) is 5.04. The molecule has 1 fully saturated rings. The van der Waals surface area contributed by atoms with Crippen molar-refractivity contribution in [1.29, 1.82) is 0 Å². The van der Waals surface area contributed by atoms with Crippen LogP contribution in [0.2, 0.25) is 0 Å². The molecule has 1 aliphatic rings. The molecular formula is C18H19ClFN5O. The zero-order valence-corrected chi connectivity index (χ0v) is 14.8. The van der Waals surface area contributed by atoms with E-state index in [9.17, 15) is 9.50 Å². The molecular weight excluding hydrogens is 357 g/mol. The number of nitrogens with one attached hydrogen (secondary N) is 1. The summed E-state index contributed by atoms with van der Waals surface area (Å²) in [5.41, 5.74) is 8.88. The molecule has 0 atom stereocenters. The molecule has 8 heteroatoms. The van der Waals surface area contributed by atoms with Gasteiger partial charge in [-0.15, -0.1) is 12.4 Å². The van der Waals surface area contributed by atoms with Gasteiger partial charge in [-0.2, -0.15) is 0 Å². The monoisotopic (exact) mass is 375 g/mol. The van der Waals surface area contributed by atoms with Crippen LogP contribution in [0.1, 0.15) is 18.4 Å². The van der Waals surface area contributed by atoms with E-state index in [1.54, 1.807) is 12.1 Å². The lowest BCUT2D eigenvalue weighted by atomic mass is 10.1. The third-order valence-corrected chi connectivity index (χ3v) is 4.59. The minimum atomic E-state index is -0.331. The normalized spacial score (nSPS) is 14.8. The van der Waals surface area contributed by atoms with Crippen molar-refractivity contribution in [1.82, 2.24) is 20.3 Å². The first kappa shape index (κ1) is 18.4. The van der Waals surface area contributed by atoms with E-state index in [1.807, 2.05) is 6.07 Å². The average Bonchev–Trinajstić information content (AvgIpc) is 3.40. The van der Waals surface area contributed by atoms with Crippen LogP contribution < -0.4 is 11.1 Å². The van der Waals surface area contributed by atoms with E-state index in [4.69, 9.17) is 5.73 Å². The summed E-state index contributed by atoms with van der Waals surface area (Å²) in [5.74, 6) is -0.0360. The van der Waals surface area contributed by atoms with Crippen molar-refractivity contribution in [3.63, 3.8) is 0 Å². The topological polar surface area (TPSA) is 97.0 Å². The van der Waals surface area contributed by atoms with E-state index < -0.39 is 0 Å². The van der Waals surface area contributed by atoms with E-state index in [1.165, 1.54) is 18.5 Å². The van der Waals surface area contributed by atoms with Crippen LogP contribution in [0, 0.1) is 5.82 Å². The number of hydrogen-bond acceptors (Lipinski definition) is 6. The maximum absolute atomic E-state index is 14.1. The molecule has 1 aromatic carbocycles. The largest absolute Gasteiger partial charge is 0.394 e. The fourth-order valence-corrected chi connectivity index (χ4v) is 2.85. The van der Waals surface area contributed by atoms with Crippen molar-refractivity contribution in [3.05, 3.63) is 48.0 Å². The van der Waals surface area contributed by atoms with Gasteiger partial charge in [-0.05, 0) is 48.7 Å². The van der Waals surface area contributed by atoms with Gasteiger partial charge in [0, 0.05) is 17.6 Å². The summed E-state index contributed by atoms with van der Waals surface area (Å²) in [6, 6.07) is 8.40. The number of anilines is 1. The first-order valence-corrected chi connectivity index (χ1v) is 8.12. The zero-order valence-electron chi connectivity index (χ0n) is 13.9. The highest BCUT2D eigenvalue weighted by Crippen LogP contribution is 2.35. The molecule has 0 spiro atoms. The molecule has 1 saturated carbocycles. The number of aliphatic hydroxyl groups excluding tert-OH is 1. The highest BCUT2D eigenvalue weighted by atomic mass is 35.5. The zero-order chi connectivity index (χ0) is 17.4. The van der Waals surface area contributed by atoms with Gasteiger partial charge >= 0.3 is 0 Å². The molecule has 0 saturated heterocycles. The van der Waals surface area contributed by atoms with Gasteiger partial charge in [-0.25, -0.2) is 19.3 Å². The van der Waals surface area contributed by atoms with Crippen molar-refractivity contribution in [2.75, 3.05) is 12.3 Å². The summed E-state index contributed by atoms with van der Waals surface area (Å²) < 4.78 is 14.1. The number of halogens is 2. The molecule has 2 heterocycles. The predicted molar refractivity (Wildman–Crippen MR) is 100 cm³/mol. The Hall–Kier alpha value is -2.35. The molecule has 0 radical (unpaired) electrons. The molecule has 0 amide bonds. The second-order valence-corrected chi connectivity index (χ2v) is 6.46. The van der Waals surface area contributed by atoms with Crippen LogP contribution in [0.4, 0.5) is 10.2 Å². The Balaban J connectivity index is 0.00000196. The van der Waals surface area contributed by atoms with Gasteiger partial charge < -0.3 is 16.2 Å². The van der Waals surface area contributed by atoms with Gasteiger partial charge in [0.1, 0.15) is 17.7 Å². The van der Waals surface area contributed by atoms with Crippen molar-refractivity contribution >= 4 is 29.3 Å². The molecule has 0 bridgehead atoms. The van der Waals surface area contributed by atoms with Crippen LogP contribution >= 0.6 is 12.4 Å². The molecule has 2 aromatic heterocycles. The van der Waals surface area contributed by atoms with Crippen LogP contribution in [0.25, 0.3) is 22.3 Å². The minimum Gasteiger partial charge on any atom is -0.394 e. The Bertz CT molecular complexity index is 948. The average molecular weight is 376 g/mol. The Morgan fingerprint density at radius 2 is 2.00 bits per heavy atom. The van der Waals surface area contributed by atoms with E-state index in [0.717, 1.165) is 18.4 Å². The number of aliphatic hydroxyl groups is 1. The number of rotatable bonds is 5. The lowest BCUT2D eigenvalue weighted by Gasteiger charge is -2.15. The summed E-state index contributed by atoms with van der Waals surface area (Å²) in [5, 5.41) is 12.7. The van der Waals surface area contributed by atoms with Gasteiger partial charge in [-0.3, -0.25) is 0 Å². The third-order valence-electron chi connectivity index (χ3n) is 4.59. The molecule has 0 unspecified atom stereocenters. The molecule has 136 valence electrons. The van der Waals surface area contributed by atoms with Crippen LogP contribution in [0.5, 0.6) is 0 Å². The van der Waals surface area contributed by atoms with Crippen molar-refractivity contribution in [3.8, 4) is 11.3 Å². The molecule has 3 aromatic rings. The maximum atomic E-state index is 14.1. The van der Waals surface area contributed by atoms with Gasteiger partial charge in [0.15, 0.2) is 5.82 Å². The fraction of sp³-hybridized carbons (Fsp3) is 0.278. The summed E-state index contributed by atoms with van der Waals surface area (Å²) in [7, 11) is 0. The molecule has 1 aliphatic carbocycles. The Morgan fingerprint density at radius 1 is 1.19 bits per heavy atom. The molecule has 4 N–H and O–H groups in total. The third kappa shape index (κ3) is 3.60. The quantitative estimate of drug-likeness (QED) is 0.633. The first-order valence-electron chi connectivity index (χ1n) is 8.12. The van der Waals surface area contributed by atoms with Crippen molar-refractivity contribution in [2.45, 2.75) is 24.9 Å². The van der Waals surface area contributed by atoms with E-state index in [-0.39, 0.29) is 30.4 Å². The molecule has 0 aliphatic heterocycles. The number of fused-ring (bicyclic) bond motifs is 1. The SMILES string of the molecule is Cl.Nc1ncnc2ccc(-c3cc(F)cc(CNC4(CO)CC4)c3)nc12. The first-order chi connectivity index (χ1) is 12.1. The van der Waals surface area contributed by atoms with Crippen LogP contribution in [-0.2, 0) is 6.54 Å². The summed E-state index contributed by atoms with van der Waals surface area (Å²) in [4.78, 5) is 12.6. The standard InChI is InChI=1S/C18H18FN5O.ClH/c19-13-6-11(8-23-18(9-25)3-4-18)5-12(7-13)14-1-2-15-16(24-14)17(20)22-10-21-15;/h1-2,5-7,10,23,25H,3-4,8-9H2,(H2,20,21,22);1H. The number of pyridine rings is 1. The van der Waals surface area contributed by atoms with Gasteiger partial charge in [0.25, 0.3) is 0 Å². The Labute approximate surface area is 156 Å². The number of hydrogen-bond donors (Lipinski definition) is 3. The smallest absolute Gasteiger partial charge is 0.153 e. The number of nitrogens with zero attached hydrogens (tertiary/aromatic N) is 3. The number of nitrogen functional groups attached to an aromatic ring is 1. The van der Waals surface area contributed by atoms with Gasteiger partial charge in [-0.1, -0.05) is 0 Å². The summed E-state index contributed by atoms with van der Waals surface area (Å²) >= 11 is 0. The number of aromatic nitrogens is 3. The van der Waals surface area contributed by atoms with Crippen LogP contribution in [0.3, 0.4) is 0 Å².